The summed E-state index contributed by atoms with van der Waals surface area (Å²) in [5, 5.41) is 4.42. The van der Waals surface area contributed by atoms with Crippen LogP contribution in [0.15, 0.2) is 6.20 Å². The van der Waals surface area contributed by atoms with Crippen LogP contribution in [0.5, 0.6) is 0 Å². The molecule has 74 valence electrons. The predicted octanol–water partition coefficient (Wildman–Crippen LogP) is 1.86. The van der Waals surface area contributed by atoms with Gasteiger partial charge in [0.15, 0.2) is 11.5 Å². The third kappa shape index (κ3) is 1.27. The Morgan fingerprint density at radius 2 is 2.00 bits per heavy atom. The van der Waals surface area contributed by atoms with Crippen LogP contribution in [-0.2, 0) is 0 Å². The summed E-state index contributed by atoms with van der Waals surface area (Å²) in [6.45, 7) is 8.12. The molecule has 0 aliphatic heterocycles. The maximum Gasteiger partial charge on any atom is 0.162 e. The molecule has 0 aromatic carbocycles. The van der Waals surface area contributed by atoms with Crippen LogP contribution in [0.3, 0.4) is 0 Å². The lowest BCUT2D eigenvalue weighted by molar-refractivity contribution is 0.750. The lowest BCUT2D eigenvalue weighted by Gasteiger charge is -1.97. The summed E-state index contributed by atoms with van der Waals surface area (Å²) in [6, 6.07) is 0. The van der Waals surface area contributed by atoms with Gasteiger partial charge in [-0.3, -0.25) is 0 Å². The Morgan fingerprint density at radius 1 is 1.29 bits per heavy atom. The van der Waals surface area contributed by atoms with Crippen molar-refractivity contribution in [2.75, 3.05) is 0 Å². The van der Waals surface area contributed by atoms with Crippen molar-refractivity contribution in [1.82, 2.24) is 19.6 Å². The molecular formula is C10H14N4. The van der Waals surface area contributed by atoms with Crippen molar-refractivity contribution in [2.45, 2.75) is 33.6 Å². The fourth-order valence-corrected chi connectivity index (χ4v) is 1.36. The average Bonchev–Trinajstić information content (AvgIpc) is 2.57. The molecule has 0 unspecified atom stereocenters. The number of hydrogen-bond acceptors (Lipinski definition) is 3. The minimum atomic E-state index is 0.355. The van der Waals surface area contributed by atoms with Crippen LogP contribution in [0, 0.1) is 13.8 Å². The molecule has 4 nitrogen and oxygen atoms in total. The van der Waals surface area contributed by atoms with Gasteiger partial charge in [-0.2, -0.15) is 4.52 Å². The molecule has 0 amide bonds. The molecule has 2 aromatic rings. The van der Waals surface area contributed by atoms with Gasteiger partial charge in [-0.05, 0) is 13.8 Å². The van der Waals surface area contributed by atoms with E-state index in [2.05, 4.69) is 28.9 Å². The molecule has 14 heavy (non-hydrogen) atoms. The number of rotatable bonds is 1. The van der Waals surface area contributed by atoms with Crippen molar-refractivity contribution in [3.05, 3.63) is 23.4 Å². The van der Waals surface area contributed by atoms with Gasteiger partial charge in [-0.25, -0.2) is 9.97 Å². The molecule has 4 heteroatoms. The van der Waals surface area contributed by atoms with Crippen molar-refractivity contribution >= 4 is 5.65 Å². The van der Waals surface area contributed by atoms with Gasteiger partial charge in [-0.15, -0.1) is 5.10 Å². The number of aryl methyl sites for hydroxylation is 2. The lowest BCUT2D eigenvalue weighted by atomic mass is 10.2. The van der Waals surface area contributed by atoms with Crippen LogP contribution < -0.4 is 0 Å². The molecule has 0 fully saturated rings. The highest BCUT2D eigenvalue weighted by atomic mass is 15.3. The molecule has 0 aliphatic carbocycles. The zero-order valence-electron chi connectivity index (χ0n) is 8.94. The van der Waals surface area contributed by atoms with Crippen molar-refractivity contribution < 1.29 is 0 Å². The van der Waals surface area contributed by atoms with Gasteiger partial charge in [0.05, 0.1) is 0 Å². The minimum absolute atomic E-state index is 0.355. The van der Waals surface area contributed by atoms with Crippen LogP contribution in [0.4, 0.5) is 0 Å². The summed E-state index contributed by atoms with van der Waals surface area (Å²) in [5.41, 5.74) is 1.98. The van der Waals surface area contributed by atoms with Gasteiger partial charge >= 0.3 is 0 Å². The fourth-order valence-electron chi connectivity index (χ4n) is 1.36. The van der Waals surface area contributed by atoms with Gasteiger partial charge in [0, 0.05) is 17.7 Å². The second-order valence-corrected chi connectivity index (χ2v) is 3.85. The second-order valence-electron chi connectivity index (χ2n) is 3.85. The Bertz CT molecular complexity index is 431. The standard InChI is InChI=1S/C10H14N4/c1-6(2)9-12-10-7(3)5-11-8(4)14(10)13-9/h5-6H,1-4H3. The Morgan fingerprint density at radius 3 is 2.57 bits per heavy atom. The van der Waals surface area contributed by atoms with E-state index in [-0.39, 0.29) is 0 Å². The summed E-state index contributed by atoms with van der Waals surface area (Å²) in [4.78, 5) is 8.72. The first kappa shape index (κ1) is 9.12. The molecule has 2 rings (SSSR count). The summed E-state index contributed by atoms with van der Waals surface area (Å²) >= 11 is 0. The van der Waals surface area contributed by atoms with E-state index in [4.69, 9.17) is 0 Å². The van der Waals surface area contributed by atoms with Gasteiger partial charge in [0.2, 0.25) is 0 Å². The molecule has 0 aliphatic rings. The highest BCUT2D eigenvalue weighted by molar-refractivity contribution is 5.45. The smallest absolute Gasteiger partial charge is 0.162 e. The molecule has 0 radical (unpaired) electrons. The predicted molar refractivity (Wildman–Crippen MR) is 54.3 cm³/mol. The van der Waals surface area contributed by atoms with Crippen LogP contribution in [0.2, 0.25) is 0 Å². The molecule has 0 saturated carbocycles. The van der Waals surface area contributed by atoms with Gasteiger partial charge < -0.3 is 0 Å². The van der Waals surface area contributed by atoms with E-state index in [9.17, 15) is 0 Å². The zero-order chi connectivity index (χ0) is 10.3. The SMILES string of the molecule is Cc1cnc(C)n2nc(C(C)C)nc12. The normalized spacial score (nSPS) is 11.5. The lowest BCUT2D eigenvalue weighted by Crippen LogP contribution is -1.98. The van der Waals surface area contributed by atoms with E-state index >= 15 is 0 Å². The van der Waals surface area contributed by atoms with Crippen LogP contribution >= 0.6 is 0 Å². The Labute approximate surface area is 83.0 Å². The molecule has 0 bridgehead atoms. The summed E-state index contributed by atoms with van der Waals surface area (Å²) in [7, 11) is 0. The van der Waals surface area contributed by atoms with E-state index < -0.39 is 0 Å². The van der Waals surface area contributed by atoms with Crippen molar-refractivity contribution in [2.24, 2.45) is 0 Å². The highest BCUT2D eigenvalue weighted by Gasteiger charge is 2.10. The van der Waals surface area contributed by atoms with Crippen molar-refractivity contribution in [3.63, 3.8) is 0 Å². The maximum absolute atomic E-state index is 4.48. The molecule has 2 heterocycles. The zero-order valence-corrected chi connectivity index (χ0v) is 8.94. The topological polar surface area (TPSA) is 43.1 Å². The first-order valence-electron chi connectivity index (χ1n) is 4.78. The number of fused-ring (bicyclic) bond motifs is 1. The number of hydrogen-bond donors (Lipinski definition) is 0. The van der Waals surface area contributed by atoms with E-state index in [1.54, 1.807) is 0 Å². The Hall–Kier alpha value is -1.45. The maximum atomic E-state index is 4.48. The molecule has 0 spiro atoms. The minimum Gasteiger partial charge on any atom is -0.241 e. The van der Waals surface area contributed by atoms with Crippen LogP contribution in [0.1, 0.15) is 37.0 Å². The third-order valence-corrected chi connectivity index (χ3v) is 2.24. The van der Waals surface area contributed by atoms with E-state index in [0.29, 0.717) is 5.92 Å². The van der Waals surface area contributed by atoms with Gasteiger partial charge in [0.1, 0.15) is 5.82 Å². The molecule has 0 N–H and O–H groups in total. The molecule has 0 saturated heterocycles. The Kier molecular flexibility index (Phi) is 1.98. The van der Waals surface area contributed by atoms with E-state index in [0.717, 1.165) is 22.9 Å². The monoisotopic (exact) mass is 190 g/mol. The van der Waals surface area contributed by atoms with Crippen molar-refractivity contribution in [3.8, 4) is 0 Å². The largest absolute Gasteiger partial charge is 0.241 e. The number of aromatic nitrogens is 4. The first-order chi connectivity index (χ1) is 6.59. The number of nitrogens with zero attached hydrogens (tertiary/aromatic N) is 4. The quantitative estimate of drug-likeness (QED) is 0.689. The molecular weight excluding hydrogens is 176 g/mol. The van der Waals surface area contributed by atoms with Crippen molar-refractivity contribution in [1.29, 1.82) is 0 Å². The van der Waals surface area contributed by atoms with E-state index in [1.165, 1.54) is 0 Å². The fraction of sp³-hybridized carbons (Fsp3) is 0.500. The average molecular weight is 190 g/mol. The van der Waals surface area contributed by atoms with Gasteiger partial charge in [-0.1, -0.05) is 13.8 Å². The second kappa shape index (κ2) is 3.04. The molecule has 0 atom stereocenters. The summed E-state index contributed by atoms with van der Waals surface area (Å²) < 4.78 is 1.81. The van der Waals surface area contributed by atoms with Crippen LogP contribution in [0.25, 0.3) is 5.65 Å². The Balaban J connectivity index is 2.75. The highest BCUT2D eigenvalue weighted by Crippen LogP contribution is 2.13. The molecule has 2 aromatic heterocycles. The van der Waals surface area contributed by atoms with E-state index in [1.807, 2.05) is 24.6 Å². The third-order valence-electron chi connectivity index (χ3n) is 2.24. The summed E-state index contributed by atoms with van der Waals surface area (Å²) in [6.07, 6.45) is 1.84. The van der Waals surface area contributed by atoms with Gasteiger partial charge in [0.25, 0.3) is 0 Å². The summed E-state index contributed by atoms with van der Waals surface area (Å²) in [5.74, 6) is 2.11. The van der Waals surface area contributed by atoms with Crippen LogP contribution in [-0.4, -0.2) is 19.6 Å². The first-order valence-corrected chi connectivity index (χ1v) is 4.78.